The van der Waals surface area contributed by atoms with Gasteiger partial charge < -0.3 is 20.4 Å². The minimum Gasteiger partial charge on any atom is -0.465 e. The standard InChI is InChI=1S/C11H13N3O4/c15-9-6-14(11(17)18)5-8(9)13-10(16)7-1-3-12-4-2-7/h1-4,8-9,15H,5-6H2,(H,13,16)(H,17,18)/t8-,9-/m1/s1. The van der Waals surface area contributed by atoms with Gasteiger partial charge in [-0.15, -0.1) is 0 Å². The summed E-state index contributed by atoms with van der Waals surface area (Å²) in [5.41, 5.74) is 0.422. The minimum absolute atomic E-state index is 0.0105. The summed E-state index contributed by atoms with van der Waals surface area (Å²) in [5, 5.41) is 21.1. The number of likely N-dealkylation sites (tertiary alicyclic amines) is 1. The molecular weight excluding hydrogens is 238 g/mol. The monoisotopic (exact) mass is 251 g/mol. The van der Waals surface area contributed by atoms with Gasteiger partial charge >= 0.3 is 6.09 Å². The first kappa shape index (κ1) is 12.3. The number of hydrogen-bond acceptors (Lipinski definition) is 4. The molecule has 0 bridgehead atoms. The summed E-state index contributed by atoms with van der Waals surface area (Å²) in [4.78, 5) is 27.4. The second-order valence-electron chi connectivity index (χ2n) is 4.07. The van der Waals surface area contributed by atoms with Gasteiger partial charge in [-0.1, -0.05) is 0 Å². The van der Waals surface area contributed by atoms with Crippen molar-refractivity contribution >= 4 is 12.0 Å². The van der Waals surface area contributed by atoms with Gasteiger partial charge in [-0.25, -0.2) is 4.79 Å². The highest BCUT2D eigenvalue weighted by Crippen LogP contribution is 2.11. The third-order valence-electron chi connectivity index (χ3n) is 2.82. The van der Waals surface area contributed by atoms with Crippen LogP contribution < -0.4 is 5.32 Å². The van der Waals surface area contributed by atoms with E-state index in [1.807, 2.05) is 0 Å². The van der Waals surface area contributed by atoms with Crippen LogP contribution in [-0.4, -0.2) is 57.3 Å². The van der Waals surface area contributed by atoms with E-state index in [1.54, 1.807) is 12.1 Å². The largest absolute Gasteiger partial charge is 0.465 e. The number of carbonyl (C=O) groups excluding carboxylic acids is 1. The number of pyridine rings is 1. The average Bonchev–Trinajstić information content (AvgIpc) is 2.72. The smallest absolute Gasteiger partial charge is 0.407 e. The molecule has 1 aromatic rings. The molecule has 0 aliphatic carbocycles. The van der Waals surface area contributed by atoms with Crippen LogP contribution >= 0.6 is 0 Å². The summed E-state index contributed by atoms with van der Waals surface area (Å²) in [6, 6.07) is 2.51. The van der Waals surface area contributed by atoms with Crippen LogP contribution in [0.1, 0.15) is 10.4 Å². The molecule has 96 valence electrons. The predicted octanol–water partition coefficient (Wildman–Crippen LogP) is -0.465. The fourth-order valence-corrected chi connectivity index (χ4v) is 1.84. The summed E-state index contributed by atoms with van der Waals surface area (Å²) < 4.78 is 0. The normalized spacial score (nSPS) is 22.8. The zero-order chi connectivity index (χ0) is 13.1. The van der Waals surface area contributed by atoms with Crippen LogP contribution in [-0.2, 0) is 0 Å². The Kier molecular flexibility index (Phi) is 3.42. The summed E-state index contributed by atoms with van der Waals surface area (Å²) in [6.45, 7) is 0.101. The highest BCUT2D eigenvalue weighted by Gasteiger charge is 2.34. The molecule has 0 radical (unpaired) electrons. The van der Waals surface area contributed by atoms with Crippen LogP contribution in [0.3, 0.4) is 0 Å². The minimum atomic E-state index is -1.10. The Morgan fingerprint density at radius 2 is 2.00 bits per heavy atom. The van der Waals surface area contributed by atoms with Crippen molar-refractivity contribution in [3.05, 3.63) is 30.1 Å². The Morgan fingerprint density at radius 3 is 2.56 bits per heavy atom. The summed E-state index contributed by atoms with van der Waals surface area (Å²) in [6.07, 6.45) is 0.995. The fraction of sp³-hybridized carbons (Fsp3) is 0.364. The number of rotatable bonds is 2. The average molecular weight is 251 g/mol. The zero-order valence-corrected chi connectivity index (χ0v) is 9.48. The maximum Gasteiger partial charge on any atom is 0.407 e. The molecule has 2 rings (SSSR count). The first-order valence-corrected chi connectivity index (χ1v) is 5.45. The van der Waals surface area contributed by atoms with E-state index in [9.17, 15) is 14.7 Å². The van der Waals surface area contributed by atoms with E-state index in [-0.39, 0.29) is 19.0 Å². The molecule has 1 fully saturated rings. The van der Waals surface area contributed by atoms with Crippen molar-refractivity contribution in [3.8, 4) is 0 Å². The number of nitrogens with one attached hydrogen (secondary N) is 1. The maximum absolute atomic E-state index is 11.8. The molecule has 2 atom stereocenters. The number of carbonyl (C=O) groups is 2. The van der Waals surface area contributed by atoms with Gasteiger partial charge in [-0.3, -0.25) is 9.78 Å². The van der Waals surface area contributed by atoms with E-state index in [0.717, 1.165) is 4.90 Å². The lowest BCUT2D eigenvalue weighted by molar-refractivity contribution is 0.0888. The Morgan fingerprint density at radius 1 is 1.33 bits per heavy atom. The Bertz CT molecular complexity index is 451. The topological polar surface area (TPSA) is 103 Å². The fourth-order valence-electron chi connectivity index (χ4n) is 1.84. The SMILES string of the molecule is O=C(N[C@@H]1CN(C(=O)O)C[C@H]1O)c1ccncc1. The molecule has 18 heavy (non-hydrogen) atoms. The van der Waals surface area contributed by atoms with E-state index in [2.05, 4.69) is 10.3 Å². The van der Waals surface area contributed by atoms with Gasteiger partial charge in [0.05, 0.1) is 18.7 Å². The number of amides is 2. The molecule has 1 aromatic heterocycles. The van der Waals surface area contributed by atoms with Crippen LogP contribution in [0.5, 0.6) is 0 Å². The van der Waals surface area contributed by atoms with E-state index in [1.165, 1.54) is 12.4 Å². The van der Waals surface area contributed by atoms with Crippen molar-refractivity contribution in [1.82, 2.24) is 15.2 Å². The van der Waals surface area contributed by atoms with Crippen LogP contribution in [0, 0.1) is 0 Å². The van der Waals surface area contributed by atoms with Gasteiger partial charge in [0.1, 0.15) is 0 Å². The van der Waals surface area contributed by atoms with Crippen molar-refractivity contribution in [2.75, 3.05) is 13.1 Å². The van der Waals surface area contributed by atoms with E-state index in [4.69, 9.17) is 5.11 Å². The number of β-amino-alcohol motifs (C(OH)–C–C–N with tert-alkyl or cyclic N) is 1. The molecule has 3 N–H and O–H groups in total. The van der Waals surface area contributed by atoms with E-state index >= 15 is 0 Å². The van der Waals surface area contributed by atoms with Gasteiger partial charge in [0.15, 0.2) is 0 Å². The summed E-state index contributed by atoms with van der Waals surface area (Å²) in [7, 11) is 0. The van der Waals surface area contributed by atoms with E-state index < -0.39 is 18.2 Å². The molecule has 2 heterocycles. The highest BCUT2D eigenvalue weighted by atomic mass is 16.4. The lowest BCUT2D eigenvalue weighted by atomic mass is 10.2. The first-order valence-electron chi connectivity index (χ1n) is 5.45. The van der Waals surface area contributed by atoms with Crippen molar-refractivity contribution in [2.24, 2.45) is 0 Å². The van der Waals surface area contributed by atoms with Gasteiger partial charge in [0.25, 0.3) is 5.91 Å². The number of carboxylic acid groups (broad SMARTS) is 1. The second kappa shape index (κ2) is 5.01. The van der Waals surface area contributed by atoms with Crippen LogP contribution in [0.2, 0.25) is 0 Å². The molecular formula is C11H13N3O4. The predicted molar refractivity (Wildman–Crippen MR) is 61.1 cm³/mol. The van der Waals surface area contributed by atoms with Crippen molar-refractivity contribution < 1.29 is 19.8 Å². The van der Waals surface area contributed by atoms with Gasteiger partial charge in [0, 0.05) is 24.5 Å². The van der Waals surface area contributed by atoms with Crippen LogP contribution in [0.25, 0.3) is 0 Å². The molecule has 2 amide bonds. The Labute approximate surface area is 103 Å². The third-order valence-corrected chi connectivity index (χ3v) is 2.82. The highest BCUT2D eigenvalue weighted by molar-refractivity contribution is 5.94. The molecule has 1 aliphatic rings. The Balaban J connectivity index is 1.98. The van der Waals surface area contributed by atoms with Crippen LogP contribution in [0.4, 0.5) is 4.79 Å². The maximum atomic E-state index is 11.8. The van der Waals surface area contributed by atoms with Crippen molar-refractivity contribution in [3.63, 3.8) is 0 Å². The van der Waals surface area contributed by atoms with Gasteiger partial charge in [0.2, 0.25) is 0 Å². The molecule has 7 heteroatoms. The number of nitrogens with zero attached hydrogens (tertiary/aromatic N) is 2. The summed E-state index contributed by atoms with van der Waals surface area (Å²) in [5.74, 6) is -0.353. The molecule has 0 spiro atoms. The molecule has 0 aromatic carbocycles. The molecule has 0 unspecified atom stereocenters. The zero-order valence-electron chi connectivity index (χ0n) is 9.48. The third kappa shape index (κ3) is 2.57. The number of hydrogen-bond donors (Lipinski definition) is 3. The van der Waals surface area contributed by atoms with Crippen molar-refractivity contribution in [1.29, 1.82) is 0 Å². The second-order valence-corrected chi connectivity index (χ2v) is 4.07. The van der Waals surface area contributed by atoms with E-state index in [0.29, 0.717) is 5.56 Å². The summed E-state index contributed by atoms with van der Waals surface area (Å²) >= 11 is 0. The van der Waals surface area contributed by atoms with Gasteiger partial charge in [-0.2, -0.15) is 0 Å². The number of aromatic nitrogens is 1. The molecule has 0 saturated carbocycles. The first-order chi connectivity index (χ1) is 8.58. The lowest BCUT2D eigenvalue weighted by Gasteiger charge is -2.15. The molecule has 7 nitrogen and oxygen atoms in total. The van der Waals surface area contributed by atoms with Crippen molar-refractivity contribution in [2.45, 2.75) is 12.1 Å². The van der Waals surface area contributed by atoms with Crippen LogP contribution in [0.15, 0.2) is 24.5 Å². The van der Waals surface area contributed by atoms with Gasteiger partial charge in [-0.05, 0) is 12.1 Å². The number of aliphatic hydroxyl groups is 1. The number of aliphatic hydroxyl groups excluding tert-OH is 1. The lowest BCUT2D eigenvalue weighted by Crippen LogP contribution is -2.43. The molecule has 1 saturated heterocycles. The quantitative estimate of drug-likeness (QED) is 0.659. The Hall–Kier alpha value is -2.15. The molecule has 1 aliphatic heterocycles.